The van der Waals surface area contributed by atoms with Gasteiger partial charge < -0.3 is 4.42 Å². The number of furan rings is 1. The van der Waals surface area contributed by atoms with Gasteiger partial charge in [0.15, 0.2) is 11.6 Å². The lowest BCUT2D eigenvalue weighted by Gasteiger charge is -2.07. The summed E-state index contributed by atoms with van der Waals surface area (Å²) >= 11 is 0. The van der Waals surface area contributed by atoms with Gasteiger partial charge in [-0.15, -0.1) is 0 Å². The largest absolute Gasteiger partial charge is 0.455 e. The molecule has 0 bridgehead atoms. The Morgan fingerprint density at radius 2 is 1.50 bits per heavy atom. The molecule has 0 unspecified atom stereocenters. The minimum atomic E-state index is -0.350. The first-order valence-electron chi connectivity index (χ1n) is 12.0. The molecule has 0 saturated heterocycles. The highest BCUT2D eigenvalue weighted by molar-refractivity contribution is 6.12. The summed E-state index contributed by atoms with van der Waals surface area (Å²) in [6, 6.07) is 27.1. The third-order valence-corrected chi connectivity index (χ3v) is 6.36. The van der Waals surface area contributed by atoms with Crippen LogP contribution in [0.4, 0.5) is 4.39 Å². The number of carbonyl (C=O) groups is 2. The molecule has 0 N–H and O–H groups in total. The highest BCUT2D eigenvalue weighted by Crippen LogP contribution is 2.37. The lowest BCUT2D eigenvalue weighted by Crippen LogP contribution is -2.03. The Bertz CT molecular complexity index is 1590. The summed E-state index contributed by atoms with van der Waals surface area (Å²) in [6.45, 7) is 3.82. The predicted molar refractivity (Wildman–Crippen MR) is 141 cm³/mol. The van der Waals surface area contributed by atoms with Crippen LogP contribution in [0.15, 0.2) is 95.4 Å². The van der Waals surface area contributed by atoms with E-state index in [2.05, 4.69) is 0 Å². The van der Waals surface area contributed by atoms with E-state index in [0.29, 0.717) is 46.3 Å². The highest BCUT2D eigenvalue weighted by Gasteiger charge is 2.21. The molecule has 3 nitrogen and oxygen atoms in total. The lowest BCUT2D eigenvalue weighted by molar-refractivity contribution is 0.0983. The molecule has 4 heteroatoms. The van der Waals surface area contributed by atoms with E-state index in [4.69, 9.17) is 4.42 Å². The number of hydrogen-bond acceptors (Lipinski definition) is 3. The van der Waals surface area contributed by atoms with Crippen LogP contribution in [0, 0.1) is 12.7 Å². The molecule has 0 aliphatic rings. The third-order valence-electron chi connectivity index (χ3n) is 6.36. The molecule has 0 spiro atoms. The number of Topliss-reactive ketones (excluding diaryl/α,β-unsaturated/α-hetero) is 2. The van der Waals surface area contributed by atoms with Crippen LogP contribution in [-0.4, -0.2) is 11.6 Å². The van der Waals surface area contributed by atoms with E-state index < -0.39 is 0 Å². The number of fused-ring (bicyclic) bond motifs is 1. The first-order chi connectivity index (χ1) is 17.4. The molecular formula is C32H25FO3. The molecule has 5 aromatic rings. The summed E-state index contributed by atoms with van der Waals surface area (Å²) < 4.78 is 19.6. The predicted octanol–water partition coefficient (Wildman–Crippen LogP) is 8.23. The van der Waals surface area contributed by atoms with E-state index in [1.54, 1.807) is 12.1 Å². The summed E-state index contributed by atoms with van der Waals surface area (Å²) in [6.07, 6.45) is 0.651. The second-order valence-electron chi connectivity index (χ2n) is 8.97. The van der Waals surface area contributed by atoms with Crippen LogP contribution >= 0.6 is 0 Å². The quantitative estimate of drug-likeness (QED) is 0.222. The van der Waals surface area contributed by atoms with E-state index in [1.165, 1.54) is 12.1 Å². The Balaban J connectivity index is 1.54. The number of aryl methyl sites for hydroxylation is 1. The fourth-order valence-electron chi connectivity index (χ4n) is 4.52. The van der Waals surface area contributed by atoms with Gasteiger partial charge in [0, 0.05) is 29.4 Å². The van der Waals surface area contributed by atoms with Crippen molar-refractivity contribution in [2.75, 3.05) is 0 Å². The number of halogens is 1. The summed E-state index contributed by atoms with van der Waals surface area (Å²) in [4.78, 5) is 26.0. The SMILES string of the molecule is CCC(=O)c1c(-c2ccc(F)cc2)oc2ccc(-c3cccc(C(=O)Cc4cccc(C)c4)c3)cc12. The van der Waals surface area contributed by atoms with Gasteiger partial charge in [-0.3, -0.25) is 9.59 Å². The van der Waals surface area contributed by atoms with Crippen LogP contribution in [0.1, 0.15) is 45.2 Å². The normalized spacial score (nSPS) is 11.1. The molecule has 0 radical (unpaired) electrons. The molecule has 1 heterocycles. The van der Waals surface area contributed by atoms with Gasteiger partial charge >= 0.3 is 0 Å². The van der Waals surface area contributed by atoms with Crippen molar-refractivity contribution in [2.45, 2.75) is 26.7 Å². The Morgan fingerprint density at radius 1 is 0.778 bits per heavy atom. The van der Waals surface area contributed by atoms with E-state index in [9.17, 15) is 14.0 Å². The average Bonchev–Trinajstić information content (AvgIpc) is 3.27. The summed E-state index contributed by atoms with van der Waals surface area (Å²) in [5.74, 6) is 0.0908. The molecule has 4 aromatic carbocycles. The molecule has 36 heavy (non-hydrogen) atoms. The Morgan fingerprint density at radius 3 is 2.25 bits per heavy atom. The second kappa shape index (κ2) is 9.74. The number of carbonyl (C=O) groups excluding carboxylic acids is 2. The van der Waals surface area contributed by atoms with Gasteiger partial charge in [-0.2, -0.15) is 0 Å². The van der Waals surface area contributed by atoms with Gasteiger partial charge in [-0.05, 0) is 66.1 Å². The summed E-state index contributed by atoms with van der Waals surface area (Å²) in [7, 11) is 0. The summed E-state index contributed by atoms with van der Waals surface area (Å²) in [5.41, 5.74) is 6.24. The van der Waals surface area contributed by atoms with Gasteiger partial charge in [0.05, 0.1) is 5.56 Å². The van der Waals surface area contributed by atoms with E-state index in [-0.39, 0.29) is 17.4 Å². The first kappa shape index (κ1) is 23.4. The van der Waals surface area contributed by atoms with Gasteiger partial charge in [0.2, 0.25) is 0 Å². The number of benzene rings is 4. The smallest absolute Gasteiger partial charge is 0.167 e. The van der Waals surface area contributed by atoms with E-state index >= 15 is 0 Å². The van der Waals surface area contributed by atoms with Crippen LogP contribution in [0.3, 0.4) is 0 Å². The van der Waals surface area contributed by atoms with Crippen molar-refractivity contribution in [3.05, 3.63) is 119 Å². The van der Waals surface area contributed by atoms with Crippen LogP contribution < -0.4 is 0 Å². The minimum Gasteiger partial charge on any atom is -0.455 e. The number of ketones is 2. The third kappa shape index (κ3) is 4.63. The number of rotatable bonds is 7. The van der Waals surface area contributed by atoms with Crippen molar-refractivity contribution >= 4 is 22.5 Å². The van der Waals surface area contributed by atoms with Crippen LogP contribution in [-0.2, 0) is 6.42 Å². The maximum atomic E-state index is 13.5. The van der Waals surface area contributed by atoms with Crippen LogP contribution in [0.2, 0.25) is 0 Å². The fourth-order valence-corrected chi connectivity index (χ4v) is 4.52. The second-order valence-corrected chi connectivity index (χ2v) is 8.97. The number of hydrogen-bond donors (Lipinski definition) is 0. The molecule has 0 saturated carbocycles. The van der Waals surface area contributed by atoms with Crippen molar-refractivity contribution in [2.24, 2.45) is 0 Å². The molecular weight excluding hydrogens is 451 g/mol. The minimum absolute atomic E-state index is 0.0484. The van der Waals surface area contributed by atoms with Crippen molar-refractivity contribution in [3.63, 3.8) is 0 Å². The van der Waals surface area contributed by atoms with E-state index in [0.717, 1.165) is 22.3 Å². The molecule has 1 aromatic heterocycles. The highest BCUT2D eigenvalue weighted by atomic mass is 19.1. The molecule has 0 fully saturated rings. The standard InChI is InChI=1S/C32H25FO3/c1-3-28(34)31-27-19-24(12-15-30(27)36-32(31)22-10-13-26(33)14-11-22)23-8-5-9-25(18-23)29(35)17-21-7-4-6-20(2)16-21/h4-16,18-19H,3,17H2,1-2H3. The van der Waals surface area contributed by atoms with Crippen molar-refractivity contribution in [1.29, 1.82) is 0 Å². The van der Waals surface area contributed by atoms with E-state index in [1.807, 2.05) is 80.6 Å². The monoisotopic (exact) mass is 476 g/mol. The van der Waals surface area contributed by atoms with Crippen molar-refractivity contribution < 1.29 is 18.4 Å². The molecule has 178 valence electrons. The maximum Gasteiger partial charge on any atom is 0.167 e. The van der Waals surface area contributed by atoms with Gasteiger partial charge in [0.1, 0.15) is 17.2 Å². The molecule has 5 rings (SSSR count). The van der Waals surface area contributed by atoms with Gasteiger partial charge in [-0.1, -0.05) is 61.0 Å². The van der Waals surface area contributed by atoms with Crippen LogP contribution in [0.25, 0.3) is 33.4 Å². The zero-order valence-electron chi connectivity index (χ0n) is 20.2. The first-order valence-corrected chi connectivity index (χ1v) is 12.0. The molecule has 0 aliphatic carbocycles. The zero-order chi connectivity index (χ0) is 25.2. The summed E-state index contributed by atoms with van der Waals surface area (Å²) in [5, 5.41) is 0.704. The average molecular weight is 477 g/mol. The topological polar surface area (TPSA) is 47.3 Å². The Hall–Kier alpha value is -4.31. The zero-order valence-corrected chi connectivity index (χ0v) is 20.2. The van der Waals surface area contributed by atoms with Crippen molar-refractivity contribution in [3.8, 4) is 22.5 Å². The Kier molecular flexibility index (Phi) is 6.34. The molecule has 0 atom stereocenters. The fraction of sp³-hybridized carbons (Fsp3) is 0.125. The van der Waals surface area contributed by atoms with Gasteiger partial charge in [0.25, 0.3) is 0 Å². The van der Waals surface area contributed by atoms with Crippen molar-refractivity contribution in [1.82, 2.24) is 0 Å². The maximum absolute atomic E-state index is 13.5. The van der Waals surface area contributed by atoms with Crippen LogP contribution in [0.5, 0.6) is 0 Å². The lowest BCUT2D eigenvalue weighted by atomic mass is 9.95. The molecule has 0 aliphatic heterocycles. The Labute approximate surface area is 209 Å². The molecule has 0 amide bonds. The van der Waals surface area contributed by atoms with Gasteiger partial charge in [-0.25, -0.2) is 4.39 Å².